The minimum absolute atomic E-state index is 0.522. The average molecular weight is 193 g/mol. The molecule has 0 amide bonds. The van der Waals surface area contributed by atoms with E-state index in [1.165, 1.54) is 0 Å². The second-order valence-electron chi connectivity index (χ2n) is 2.68. The van der Waals surface area contributed by atoms with E-state index >= 15 is 0 Å². The highest BCUT2D eigenvalue weighted by Gasteiger charge is 1.96. The molecule has 14 heavy (non-hydrogen) atoms. The summed E-state index contributed by atoms with van der Waals surface area (Å²) in [7, 11) is 1.76. The molecule has 1 aromatic rings. The van der Waals surface area contributed by atoms with Gasteiger partial charge in [-0.1, -0.05) is 0 Å². The van der Waals surface area contributed by atoms with Gasteiger partial charge in [0.1, 0.15) is 11.5 Å². The van der Waals surface area contributed by atoms with Crippen LogP contribution in [0.1, 0.15) is 6.92 Å². The molecule has 0 fully saturated rings. The fourth-order valence-electron chi connectivity index (χ4n) is 0.964. The molecule has 0 spiro atoms. The van der Waals surface area contributed by atoms with Crippen molar-refractivity contribution in [2.45, 2.75) is 6.92 Å². The van der Waals surface area contributed by atoms with E-state index in [4.69, 9.17) is 9.47 Å². The number of ether oxygens (including phenoxy) is 2. The quantitative estimate of drug-likeness (QED) is 0.727. The normalized spacial score (nSPS) is 9.29. The first-order chi connectivity index (χ1) is 6.76. The molecule has 0 aliphatic carbocycles. The lowest BCUT2D eigenvalue weighted by atomic mass is 10.3. The lowest BCUT2D eigenvalue weighted by Gasteiger charge is -2.08. The number of rotatable bonds is 5. The third-order valence-corrected chi connectivity index (χ3v) is 1.65. The molecular formula is C11H15NO2. The summed E-state index contributed by atoms with van der Waals surface area (Å²) in [5.74, 6) is 2.11. The van der Waals surface area contributed by atoms with Crippen LogP contribution in [0.4, 0.5) is 0 Å². The highest BCUT2D eigenvalue weighted by atomic mass is 16.5. The van der Waals surface area contributed by atoms with Gasteiger partial charge in [0.25, 0.3) is 0 Å². The molecule has 3 nitrogen and oxygen atoms in total. The van der Waals surface area contributed by atoms with Gasteiger partial charge in [-0.15, -0.1) is 0 Å². The number of hydrogen-bond acceptors (Lipinski definition) is 3. The predicted octanol–water partition coefficient (Wildman–Crippen LogP) is 2.15. The zero-order valence-corrected chi connectivity index (χ0v) is 8.54. The largest absolute Gasteiger partial charge is 0.494 e. The lowest BCUT2D eigenvalue weighted by molar-refractivity contribution is 0.338. The number of nitrogens with one attached hydrogen (secondary N) is 1. The molecule has 0 radical (unpaired) electrons. The van der Waals surface area contributed by atoms with Gasteiger partial charge in [-0.2, -0.15) is 0 Å². The van der Waals surface area contributed by atoms with Crippen molar-refractivity contribution in [3.63, 3.8) is 0 Å². The van der Waals surface area contributed by atoms with Crippen molar-refractivity contribution in [2.24, 2.45) is 0 Å². The van der Waals surface area contributed by atoms with Crippen molar-refractivity contribution >= 4 is 0 Å². The Hall–Kier alpha value is -1.64. The summed E-state index contributed by atoms with van der Waals surface area (Å²) in [6.07, 6.45) is 0. The third-order valence-electron chi connectivity index (χ3n) is 1.65. The Morgan fingerprint density at radius 1 is 1.29 bits per heavy atom. The second-order valence-corrected chi connectivity index (χ2v) is 2.68. The predicted molar refractivity (Wildman–Crippen MR) is 56.4 cm³/mol. The fourth-order valence-corrected chi connectivity index (χ4v) is 0.964. The SMILES string of the molecule is C=C(NC)Oc1ccc(OCC)cc1. The minimum atomic E-state index is 0.522. The van der Waals surface area contributed by atoms with Gasteiger partial charge < -0.3 is 14.8 Å². The number of hydrogen-bond donors (Lipinski definition) is 1. The molecule has 0 aliphatic rings. The third kappa shape index (κ3) is 3.01. The Balaban J connectivity index is 2.59. The van der Waals surface area contributed by atoms with Crippen LogP contribution in [0.5, 0.6) is 11.5 Å². The van der Waals surface area contributed by atoms with E-state index in [0.717, 1.165) is 11.5 Å². The topological polar surface area (TPSA) is 30.5 Å². The van der Waals surface area contributed by atoms with Crippen molar-refractivity contribution < 1.29 is 9.47 Å². The highest BCUT2D eigenvalue weighted by molar-refractivity contribution is 5.32. The molecule has 0 aromatic heterocycles. The van der Waals surface area contributed by atoms with Gasteiger partial charge in [-0.05, 0) is 37.8 Å². The van der Waals surface area contributed by atoms with Crippen LogP contribution in [0.3, 0.4) is 0 Å². The summed E-state index contributed by atoms with van der Waals surface area (Å²) in [5, 5.41) is 2.81. The summed E-state index contributed by atoms with van der Waals surface area (Å²) in [6.45, 7) is 6.28. The monoisotopic (exact) mass is 193 g/mol. The van der Waals surface area contributed by atoms with Crippen molar-refractivity contribution in [1.82, 2.24) is 5.32 Å². The Labute approximate surface area is 84.3 Å². The summed E-state index contributed by atoms with van der Waals surface area (Å²) in [4.78, 5) is 0. The van der Waals surface area contributed by atoms with Crippen LogP contribution in [0.15, 0.2) is 36.7 Å². The number of benzene rings is 1. The molecule has 0 saturated carbocycles. The van der Waals surface area contributed by atoms with Crippen LogP contribution in [-0.2, 0) is 0 Å². The lowest BCUT2D eigenvalue weighted by Crippen LogP contribution is -2.10. The van der Waals surface area contributed by atoms with E-state index in [9.17, 15) is 0 Å². The molecule has 0 unspecified atom stereocenters. The molecule has 0 saturated heterocycles. The van der Waals surface area contributed by atoms with Crippen molar-refractivity contribution in [2.75, 3.05) is 13.7 Å². The van der Waals surface area contributed by atoms with E-state index in [0.29, 0.717) is 12.5 Å². The fraction of sp³-hybridized carbons (Fsp3) is 0.273. The summed E-state index contributed by atoms with van der Waals surface area (Å²) in [6, 6.07) is 7.41. The van der Waals surface area contributed by atoms with Crippen LogP contribution in [0.25, 0.3) is 0 Å². The zero-order chi connectivity index (χ0) is 10.4. The van der Waals surface area contributed by atoms with Gasteiger partial charge >= 0.3 is 0 Å². The van der Waals surface area contributed by atoms with E-state index in [2.05, 4.69) is 11.9 Å². The molecule has 76 valence electrons. The Morgan fingerprint density at radius 2 is 1.86 bits per heavy atom. The summed E-state index contributed by atoms with van der Waals surface area (Å²) < 4.78 is 10.6. The van der Waals surface area contributed by atoms with Gasteiger partial charge in [0.15, 0.2) is 5.88 Å². The van der Waals surface area contributed by atoms with Gasteiger partial charge in [0, 0.05) is 7.05 Å². The smallest absolute Gasteiger partial charge is 0.185 e. The molecular weight excluding hydrogens is 178 g/mol. The van der Waals surface area contributed by atoms with E-state index in [1.807, 2.05) is 31.2 Å². The maximum atomic E-state index is 5.34. The first-order valence-electron chi connectivity index (χ1n) is 4.53. The van der Waals surface area contributed by atoms with E-state index < -0.39 is 0 Å². The average Bonchev–Trinajstić information content (AvgIpc) is 2.21. The maximum absolute atomic E-state index is 5.34. The maximum Gasteiger partial charge on any atom is 0.185 e. The standard InChI is InChI=1S/C11H15NO2/c1-4-13-10-5-7-11(8-6-10)14-9(2)12-3/h5-8,12H,2,4H2,1,3H3. The first-order valence-corrected chi connectivity index (χ1v) is 4.53. The summed E-state index contributed by atoms with van der Waals surface area (Å²) in [5.41, 5.74) is 0. The first kappa shape index (κ1) is 10.4. The van der Waals surface area contributed by atoms with Crippen LogP contribution in [0, 0.1) is 0 Å². The second kappa shape index (κ2) is 5.17. The zero-order valence-electron chi connectivity index (χ0n) is 8.54. The Bertz CT molecular complexity index is 293. The van der Waals surface area contributed by atoms with Gasteiger partial charge in [-0.25, -0.2) is 0 Å². The van der Waals surface area contributed by atoms with Crippen molar-refractivity contribution in [3.05, 3.63) is 36.7 Å². The minimum Gasteiger partial charge on any atom is -0.494 e. The molecule has 0 aliphatic heterocycles. The Morgan fingerprint density at radius 3 is 2.36 bits per heavy atom. The molecule has 1 N–H and O–H groups in total. The van der Waals surface area contributed by atoms with Crippen LogP contribution in [-0.4, -0.2) is 13.7 Å². The molecule has 0 heterocycles. The van der Waals surface area contributed by atoms with Gasteiger partial charge in [-0.3, -0.25) is 0 Å². The van der Waals surface area contributed by atoms with Crippen molar-refractivity contribution in [1.29, 1.82) is 0 Å². The van der Waals surface area contributed by atoms with E-state index in [-0.39, 0.29) is 0 Å². The molecule has 1 aromatic carbocycles. The molecule has 0 bridgehead atoms. The van der Waals surface area contributed by atoms with E-state index in [1.54, 1.807) is 7.05 Å². The molecule has 1 rings (SSSR count). The van der Waals surface area contributed by atoms with Crippen LogP contribution >= 0.6 is 0 Å². The molecule has 0 atom stereocenters. The van der Waals surface area contributed by atoms with Crippen LogP contribution in [0.2, 0.25) is 0 Å². The Kier molecular flexibility index (Phi) is 3.85. The summed E-state index contributed by atoms with van der Waals surface area (Å²) >= 11 is 0. The molecule has 3 heteroatoms. The van der Waals surface area contributed by atoms with Gasteiger partial charge in [0.2, 0.25) is 0 Å². The highest BCUT2D eigenvalue weighted by Crippen LogP contribution is 2.18. The van der Waals surface area contributed by atoms with Crippen LogP contribution < -0.4 is 14.8 Å². The van der Waals surface area contributed by atoms with Crippen molar-refractivity contribution in [3.8, 4) is 11.5 Å². The van der Waals surface area contributed by atoms with Gasteiger partial charge in [0.05, 0.1) is 6.61 Å².